The Balaban J connectivity index is 1.57. The van der Waals surface area contributed by atoms with Crippen molar-refractivity contribution in [1.82, 2.24) is 14.8 Å². The number of carbonyl (C=O) groups excluding carboxylic acids is 2. The predicted molar refractivity (Wildman–Crippen MR) is 113 cm³/mol. The molecule has 0 bridgehead atoms. The van der Waals surface area contributed by atoms with Crippen LogP contribution in [0.2, 0.25) is 0 Å². The van der Waals surface area contributed by atoms with Gasteiger partial charge in [0.2, 0.25) is 5.91 Å². The number of amides is 2. The summed E-state index contributed by atoms with van der Waals surface area (Å²) < 4.78 is 0. The lowest BCUT2D eigenvalue weighted by Gasteiger charge is -2.33. The molecule has 6 heteroatoms. The van der Waals surface area contributed by atoms with Crippen molar-refractivity contribution >= 4 is 23.2 Å². The van der Waals surface area contributed by atoms with Crippen LogP contribution >= 0.6 is 11.3 Å². The van der Waals surface area contributed by atoms with E-state index in [0.29, 0.717) is 18.8 Å². The average Bonchev–Trinajstić information content (AvgIpc) is 3.21. The third kappa shape index (κ3) is 4.79. The van der Waals surface area contributed by atoms with Crippen molar-refractivity contribution in [1.29, 1.82) is 0 Å². The van der Waals surface area contributed by atoms with Crippen molar-refractivity contribution in [3.63, 3.8) is 0 Å². The van der Waals surface area contributed by atoms with Gasteiger partial charge in [-0.05, 0) is 26.2 Å². The zero-order valence-corrected chi connectivity index (χ0v) is 17.8. The molecule has 0 unspecified atom stereocenters. The number of aromatic nitrogens is 1. The Morgan fingerprint density at radius 3 is 2.54 bits per heavy atom. The third-order valence-corrected chi connectivity index (χ3v) is 6.27. The first-order valence-corrected chi connectivity index (χ1v) is 10.9. The molecular weight excluding hydrogens is 370 g/mol. The molecule has 2 heterocycles. The van der Waals surface area contributed by atoms with E-state index in [9.17, 15) is 9.59 Å². The van der Waals surface area contributed by atoms with E-state index >= 15 is 0 Å². The van der Waals surface area contributed by atoms with Crippen LogP contribution in [-0.2, 0) is 4.79 Å². The lowest BCUT2D eigenvalue weighted by atomic mass is 9.95. The number of likely N-dealkylation sites (tertiary alicyclic amines) is 1. The van der Waals surface area contributed by atoms with Crippen LogP contribution in [0.15, 0.2) is 29.6 Å². The molecule has 2 aromatic rings. The maximum atomic E-state index is 12.8. The number of piperidine rings is 1. The number of nitrogens with zero attached hydrogens (tertiary/aromatic N) is 3. The molecule has 28 heavy (non-hydrogen) atoms. The standard InChI is InChI=1S/C22H29N3O2S/c1-4-5-12-24(3)21(26)18-10-13-25(14-11-18)22(27)19-15-28-20(23-19)17-8-6-16(2)7-9-17/h6-9,15,18H,4-5,10-14H2,1-3H3. The van der Waals surface area contributed by atoms with E-state index < -0.39 is 0 Å². The highest BCUT2D eigenvalue weighted by Gasteiger charge is 2.30. The summed E-state index contributed by atoms with van der Waals surface area (Å²) in [7, 11) is 1.89. The van der Waals surface area contributed by atoms with Gasteiger partial charge in [-0.2, -0.15) is 0 Å². The van der Waals surface area contributed by atoms with Crippen LogP contribution in [-0.4, -0.2) is 53.3 Å². The SMILES string of the molecule is CCCCN(C)C(=O)C1CCN(C(=O)c2csc(-c3ccc(C)cc3)n2)CC1. The Hall–Kier alpha value is -2.21. The van der Waals surface area contributed by atoms with Crippen molar-refractivity contribution < 1.29 is 9.59 Å². The van der Waals surface area contributed by atoms with Crippen molar-refractivity contribution in [3.05, 3.63) is 40.9 Å². The maximum absolute atomic E-state index is 12.8. The number of rotatable bonds is 6. The van der Waals surface area contributed by atoms with Crippen LogP contribution in [0, 0.1) is 12.8 Å². The zero-order valence-electron chi connectivity index (χ0n) is 17.0. The van der Waals surface area contributed by atoms with Crippen LogP contribution < -0.4 is 0 Å². The zero-order chi connectivity index (χ0) is 20.1. The number of unbranched alkanes of at least 4 members (excludes halogenated alkanes) is 1. The molecule has 0 saturated carbocycles. The molecule has 2 amide bonds. The normalized spacial score (nSPS) is 14.9. The quantitative estimate of drug-likeness (QED) is 0.730. The smallest absolute Gasteiger partial charge is 0.273 e. The minimum atomic E-state index is -0.0279. The topological polar surface area (TPSA) is 53.5 Å². The first-order chi connectivity index (χ1) is 13.5. The van der Waals surface area contributed by atoms with Gasteiger partial charge in [0, 0.05) is 43.5 Å². The van der Waals surface area contributed by atoms with Crippen molar-refractivity contribution in [3.8, 4) is 10.6 Å². The molecule has 1 aromatic heterocycles. The molecule has 3 rings (SSSR count). The van der Waals surface area contributed by atoms with Gasteiger partial charge in [0.25, 0.3) is 5.91 Å². The van der Waals surface area contributed by atoms with Gasteiger partial charge in [0.05, 0.1) is 0 Å². The summed E-state index contributed by atoms with van der Waals surface area (Å²) in [5.41, 5.74) is 2.74. The second kappa shape index (κ2) is 9.32. The van der Waals surface area contributed by atoms with Crippen LogP contribution in [0.25, 0.3) is 10.6 Å². The van der Waals surface area contributed by atoms with E-state index in [1.165, 1.54) is 16.9 Å². The molecule has 0 aliphatic carbocycles. The fraction of sp³-hybridized carbons (Fsp3) is 0.500. The largest absolute Gasteiger partial charge is 0.346 e. The van der Waals surface area contributed by atoms with E-state index in [-0.39, 0.29) is 17.7 Å². The minimum Gasteiger partial charge on any atom is -0.346 e. The van der Waals surface area contributed by atoms with E-state index in [4.69, 9.17) is 0 Å². The maximum Gasteiger partial charge on any atom is 0.273 e. The summed E-state index contributed by atoms with van der Waals surface area (Å²) in [6.45, 7) is 6.24. The average molecular weight is 400 g/mol. The summed E-state index contributed by atoms with van der Waals surface area (Å²) in [6, 6.07) is 8.18. The Bertz CT molecular complexity index is 807. The Morgan fingerprint density at radius 1 is 1.21 bits per heavy atom. The number of aryl methyl sites for hydroxylation is 1. The minimum absolute atomic E-state index is 0.0279. The molecule has 0 atom stereocenters. The molecule has 0 spiro atoms. The van der Waals surface area contributed by atoms with Crippen LogP contribution in [0.4, 0.5) is 0 Å². The van der Waals surface area contributed by atoms with Gasteiger partial charge in [-0.1, -0.05) is 43.2 Å². The monoisotopic (exact) mass is 399 g/mol. The number of hydrogen-bond acceptors (Lipinski definition) is 4. The van der Waals surface area contributed by atoms with E-state index in [1.807, 2.05) is 34.4 Å². The van der Waals surface area contributed by atoms with Gasteiger partial charge < -0.3 is 9.80 Å². The molecular formula is C22H29N3O2S. The highest BCUT2D eigenvalue weighted by molar-refractivity contribution is 7.13. The lowest BCUT2D eigenvalue weighted by molar-refractivity contribution is -0.135. The van der Waals surface area contributed by atoms with Gasteiger partial charge in [-0.25, -0.2) is 4.98 Å². The first-order valence-electron chi connectivity index (χ1n) is 10.1. The summed E-state index contributed by atoms with van der Waals surface area (Å²) in [5.74, 6) is 0.222. The fourth-order valence-electron chi connectivity index (χ4n) is 3.51. The molecule has 5 nitrogen and oxygen atoms in total. The number of hydrogen-bond donors (Lipinski definition) is 0. The molecule has 0 N–H and O–H groups in total. The molecule has 1 saturated heterocycles. The third-order valence-electron chi connectivity index (χ3n) is 5.38. The molecule has 1 aliphatic rings. The number of carbonyl (C=O) groups is 2. The Labute approximate surface area is 171 Å². The van der Waals surface area contributed by atoms with E-state index in [1.54, 1.807) is 0 Å². The van der Waals surface area contributed by atoms with Crippen molar-refractivity contribution in [2.45, 2.75) is 39.5 Å². The molecule has 1 aromatic carbocycles. The highest BCUT2D eigenvalue weighted by atomic mass is 32.1. The van der Waals surface area contributed by atoms with Gasteiger partial charge in [-0.15, -0.1) is 11.3 Å². The van der Waals surface area contributed by atoms with E-state index in [0.717, 1.165) is 42.8 Å². The van der Waals surface area contributed by atoms with Gasteiger partial charge in [0.1, 0.15) is 10.7 Å². The molecule has 1 aliphatic heterocycles. The number of benzene rings is 1. The van der Waals surface area contributed by atoms with Crippen molar-refractivity contribution in [2.24, 2.45) is 5.92 Å². The van der Waals surface area contributed by atoms with Gasteiger partial charge >= 0.3 is 0 Å². The first kappa shape index (κ1) is 20.5. The van der Waals surface area contributed by atoms with Crippen LogP contribution in [0.3, 0.4) is 0 Å². The Morgan fingerprint density at radius 2 is 1.89 bits per heavy atom. The summed E-state index contributed by atoms with van der Waals surface area (Å²) >= 11 is 1.50. The Kier molecular flexibility index (Phi) is 6.83. The van der Waals surface area contributed by atoms with Crippen LogP contribution in [0.1, 0.15) is 48.7 Å². The second-order valence-electron chi connectivity index (χ2n) is 7.58. The van der Waals surface area contributed by atoms with Crippen LogP contribution in [0.5, 0.6) is 0 Å². The van der Waals surface area contributed by atoms with Gasteiger partial charge in [-0.3, -0.25) is 9.59 Å². The molecule has 0 radical (unpaired) electrons. The van der Waals surface area contributed by atoms with E-state index in [2.05, 4.69) is 31.0 Å². The lowest BCUT2D eigenvalue weighted by Crippen LogP contribution is -2.43. The molecule has 1 fully saturated rings. The summed E-state index contributed by atoms with van der Waals surface area (Å²) in [4.78, 5) is 33.6. The fourth-order valence-corrected chi connectivity index (χ4v) is 4.31. The van der Waals surface area contributed by atoms with Crippen molar-refractivity contribution in [2.75, 3.05) is 26.7 Å². The second-order valence-corrected chi connectivity index (χ2v) is 8.44. The molecule has 150 valence electrons. The predicted octanol–water partition coefficient (Wildman–Crippen LogP) is 4.23. The summed E-state index contributed by atoms with van der Waals surface area (Å²) in [5, 5.41) is 2.71. The highest BCUT2D eigenvalue weighted by Crippen LogP contribution is 2.26. The van der Waals surface area contributed by atoms with Gasteiger partial charge in [0.15, 0.2) is 0 Å². The summed E-state index contributed by atoms with van der Waals surface area (Å²) in [6.07, 6.45) is 3.58. The number of thiazole rings is 1.